The number of hydrogen-bond acceptors (Lipinski definition) is 4. The van der Waals surface area contributed by atoms with E-state index in [1.54, 1.807) is 17.7 Å². The first-order chi connectivity index (χ1) is 11.5. The summed E-state index contributed by atoms with van der Waals surface area (Å²) in [5, 5.41) is 0.766. The number of hydrogen-bond donors (Lipinski definition) is 1. The van der Waals surface area contributed by atoms with Crippen LogP contribution in [0.15, 0.2) is 29.1 Å². The minimum absolute atomic E-state index is 0.0698. The Hall–Kier alpha value is -2.73. The second kappa shape index (κ2) is 5.14. The zero-order chi connectivity index (χ0) is 17.0. The number of fused-ring (bicyclic) bond motifs is 4. The molecule has 24 heavy (non-hydrogen) atoms. The number of aromatic nitrogens is 2. The van der Waals surface area contributed by atoms with Crippen LogP contribution in [-0.4, -0.2) is 16.7 Å². The Balaban J connectivity index is 1.97. The first kappa shape index (κ1) is 14.8. The number of nitrogens with zero attached hydrogens (tertiary/aromatic N) is 2. The normalized spacial score (nSPS) is 12.5. The van der Waals surface area contributed by atoms with Crippen molar-refractivity contribution in [1.82, 2.24) is 9.55 Å². The van der Waals surface area contributed by atoms with Gasteiger partial charge in [0.15, 0.2) is 0 Å². The zero-order valence-electron chi connectivity index (χ0n) is 13.4. The van der Waals surface area contributed by atoms with E-state index in [4.69, 9.17) is 10.5 Å². The maximum Gasteiger partial charge on any atom is 0.257 e. The number of nitrogen functional groups attached to an aromatic ring is 1. The summed E-state index contributed by atoms with van der Waals surface area (Å²) in [6.07, 6.45) is 0. The van der Waals surface area contributed by atoms with Crippen molar-refractivity contribution < 1.29 is 9.13 Å². The van der Waals surface area contributed by atoms with Crippen molar-refractivity contribution in [3.05, 3.63) is 57.1 Å². The highest BCUT2D eigenvalue weighted by atomic mass is 19.1. The van der Waals surface area contributed by atoms with E-state index in [-0.39, 0.29) is 17.9 Å². The quantitative estimate of drug-likeness (QED) is 0.575. The van der Waals surface area contributed by atoms with Crippen LogP contribution in [0.5, 0.6) is 0 Å². The highest BCUT2D eigenvalue weighted by Crippen LogP contribution is 2.33. The predicted octanol–water partition coefficient (Wildman–Crippen LogP) is 2.60. The van der Waals surface area contributed by atoms with Gasteiger partial charge >= 0.3 is 0 Å². The van der Waals surface area contributed by atoms with Gasteiger partial charge in [-0.05, 0) is 30.7 Å². The Morgan fingerprint density at radius 2 is 2.12 bits per heavy atom. The third-order valence-corrected chi connectivity index (χ3v) is 4.50. The molecule has 1 aliphatic rings. The number of rotatable bonds is 2. The average molecular weight is 325 g/mol. The number of benzene rings is 1. The van der Waals surface area contributed by atoms with Gasteiger partial charge in [0, 0.05) is 29.7 Å². The van der Waals surface area contributed by atoms with Crippen molar-refractivity contribution in [3.8, 4) is 11.4 Å². The standard InChI is InChI=1S/C18H16FN3O2/c1-9-3-16-17-11(7-22(16)18(23)12(9)8-24-2)4-10-5-14(20)13(19)6-15(10)21-17/h3-6H,7-8,20H2,1-2H3. The summed E-state index contributed by atoms with van der Waals surface area (Å²) < 4.78 is 20.6. The maximum atomic E-state index is 13.7. The van der Waals surface area contributed by atoms with Crippen molar-refractivity contribution in [3.63, 3.8) is 0 Å². The van der Waals surface area contributed by atoms with Crippen molar-refractivity contribution in [2.24, 2.45) is 0 Å². The van der Waals surface area contributed by atoms with E-state index in [0.29, 0.717) is 17.6 Å². The number of anilines is 1. The zero-order valence-corrected chi connectivity index (χ0v) is 13.4. The van der Waals surface area contributed by atoms with Crippen LogP contribution >= 0.6 is 0 Å². The van der Waals surface area contributed by atoms with Gasteiger partial charge in [0.1, 0.15) is 5.82 Å². The van der Waals surface area contributed by atoms with Gasteiger partial charge in [0.25, 0.3) is 5.56 Å². The molecule has 0 fully saturated rings. The van der Waals surface area contributed by atoms with Crippen molar-refractivity contribution in [2.75, 3.05) is 12.8 Å². The van der Waals surface area contributed by atoms with Crippen LogP contribution in [0.4, 0.5) is 10.1 Å². The fourth-order valence-corrected chi connectivity index (χ4v) is 3.25. The molecule has 0 aliphatic carbocycles. The number of aryl methyl sites for hydroxylation is 1. The molecule has 1 aliphatic heterocycles. The molecular formula is C18H16FN3O2. The third-order valence-electron chi connectivity index (χ3n) is 4.50. The van der Waals surface area contributed by atoms with E-state index in [9.17, 15) is 9.18 Å². The van der Waals surface area contributed by atoms with Crippen molar-refractivity contribution in [1.29, 1.82) is 0 Å². The Kier molecular flexibility index (Phi) is 3.18. The smallest absolute Gasteiger partial charge is 0.257 e. The van der Waals surface area contributed by atoms with Crippen LogP contribution in [0.3, 0.4) is 0 Å². The molecule has 2 aromatic heterocycles. The van der Waals surface area contributed by atoms with Gasteiger partial charge in [0.05, 0.1) is 35.7 Å². The second-order valence-electron chi connectivity index (χ2n) is 6.08. The molecule has 0 atom stereocenters. The van der Waals surface area contributed by atoms with E-state index in [1.807, 2.05) is 19.1 Å². The summed E-state index contributed by atoms with van der Waals surface area (Å²) in [4.78, 5) is 17.3. The van der Waals surface area contributed by atoms with Crippen molar-refractivity contribution in [2.45, 2.75) is 20.1 Å². The Bertz CT molecular complexity index is 1060. The number of ether oxygens (including phenoxy) is 1. The summed E-state index contributed by atoms with van der Waals surface area (Å²) in [5.74, 6) is -0.489. The Morgan fingerprint density at radius 3 is 2.88 bits per heavy atom. The highest BCUT2D eigenvalue weighted by molar-refractivity contribution is 5.86. The lowest BCUT2D eigenvalue weighted by molar-refractivity contribution is 0.183. The molecule has 0 unspecified atom stereocenters. The van der Waals surface area contributed by atoms with E-state index >= 15 is 0 Å². The lowest BCUT2D eigenvalue weighted by Gasteiger charge is -2.09. The molecule has 5 nitrogen and oxygen atoms in total. The second-order valence-corrected chi connectivity index (χ2v) is 6.08. The number of methoxy groups -OCH3 is 1. The topological polar surface area (TPSA) is 70.1 Å². The lowest BCUT2D eigenvalue weighted by atomic mass is 10.1. The fraction of sp³-hybridized carbons (Fsp3) is 0.222. The molecule has 4 rings (SSSR count). The van der Waals surface area contributed by atoms with E-state index < -0.39 is 5.82 Å². The minimum Gasteiger partial charge on any atom is -0.396 e. The third kappa shape index (κ3) is 2.03. The summed E-state index contributed by atoms with van der Waals surface area (Å²) >= 11 is 0. The van der Waals surface area contributed by atoms with E-state index in [0.717, 1.165) is 27.9 Å². The molecule has 3 heterocycles. The van der Waals surface area contributed by atoms with E-state index in [2.05, 4.69) is 4.98 Å². The van der Waals surface area contributed by atoms with Gasteiger partial charge in [-0.1, -0.05) is 0 Å². The van der Waals surface area contributed by atoms with Crippen LogP contribution in [0.2, 0.25) is 0 Å². The average Bonchev–Trinajstić information content (AvgIpc) is 2.88. The molecule has 0 saturated heterocycles. The van der Waals surface area contributed by atoms with Crippen LogP contribution in [0.25, 0.3) is 22.3 Å². The fourth-order valence-electron chi connectivity index (χ4n) is 3.25. The number of pyridine rings is 2. The van der Waals surface area contributed by atoms with Gasteiger partial charge in [0.2, 0.25) is 0 Å². The molecule has 1 aromatic carbocycles. The van der Waals surface area contributed by atoms with Crippen molar-refractivity contribution >= 4 is 16.6 Å². The molecule has 0 spiro atoms. The minimum atomic E-state index is -0.489. The molecule has 6 heteroatoms. The molecule has 0 amide bonds. The molecular weight excluding hydrogens is 309 g/mol. The summed E-state index contributed by atoms with van der Waals surface area (Å²) in [6, 6.07) is 6.77. The molecule has 3 aromatic rings. The predicted molar refractivity (Wildman–Crippen MR) is 90.4 cm³/mol. The maximum absolute atomic E-state index is 13.7. The van der Waals surface area contributed by atoms with Gasteiger partial charge in [-0.2, -0.15) is 0 Å². The van der Waals surface area contributed by atoms with Crippen LogP contribution < -0.4 is 11.3 Å². The molecule has 0 bridgehead atoms. The summed E-state index contributed by atoms with van der Waals surface area (Å²) in [6.45, 7) is 2.61. The van der Waals surface area contributed by atoms with Crippen LogP contribution in [0.1, 0.15) is 16.7 Å². The van der Waals surface area contributed by atoms with E-state index in [1.165, 1.54) is 6.07 Å². The first-order valence-electron chi connectivity index (χ1n) is 7.61. The van der Waals surface area contributed by atoms with Crippen LogP contribution in [-0.2, 0) is 17.9 Å². The number of nitrogens with two attached hydrogens (primary N) is 1. The molecule has 0 saturated carbocycles. The van der Waals surface area contributed by atoms with Gasteiger partial charge in [-0.3, -0.25) is 4.79 Å². The summed E-state index contributed by atoms with van der Waals surface area (Å²) in [7, 11) is 1.57. The SMILES string of the molecule is COCc1c(C)cc2n(c1=O)Cc1cc3cc(N)c(F)cc3nc1-2. The molecule has 0 radical (unpaired) electrons. The van der Waals surface area contributed by atoms with Gasteiger partial charge in [-0.15, -0.1) is 0 Å². The molecule has 2 N–H and O–H groups in total. The van der Waals surface area contributed by atoms with Gasteiger partial charge < -0.3 is 15.0 Å². The lowest BCUT2D eigenvalue weighted by Crippen LogP contribution is -2.24. The molecule has 122 valence electrons. The Morgan fingerprint density at radius 1 is 1.33 bits per heavy atom. The highest BCUT2D eigenvalue weighted by Gasteiger charge is 2.24. The summed E-state index contributed by atoms with van der Waals surface area (Å²) in [5.41, 5.74) is 10.1. The largest absolute Gasteiger partial charge is 0.396 e. The Labute approximate surface area is 137 Å². The first-order valence-corrected chi connectivity index (χ1v) is 7.61. The van der Waals surface area contributed by atoms with Crippen LogP contribution in [0, 0.1) is 12.7 Å². The monoisotopic (exact) mass is 325 g/mol. The van der Waals surface area contributed by atoms with Gasteiger partial charge in [-0.25, -0.2) is 9.37 Å². The number of halogens is 1.